The third kappa shape index (κ3) is 2.80. The van der Waals surface area contributed by atoms with Crippen molar-refractivity contribution < 1.29 is 18.7 Å². The number of pyridine rings is 1. The van der Waals surface area contributed by atoms with E-state index in [2.05, 4.69) is 20.2 Å². The van der Waals surface area contributed by atoms with E-state index in [1.54, 1.807) is 18.3 Å². The van der Waals surface area contributed by atoms with Crippen LogP contribution in [0.3, 0.4) is 0 Å². The van der Waals surface area contributed by atoms with E-state index in [-0.39, 0.29) is 17.3 Å². The van der Waals surface area contributed by atoms with Gasteiger partial charge in [-0.1, -0.05) is 6.07 Å². The van der Waals surface area contributed by atoms with Crippen LogP contribution in [0.5, 0.6) is 5.75 Å². The minimum Gasteiger partial charge on any atom is -0.507 e. The average molecular weight is 398 g/mol. The number of amides is 1. The number of hydrogen-bond donors (Lipinski definition) is 3. The lowest BCUT2D eigenvalue weighted by molar-refractivity contribution is -0.129. The molecule has 0 saturated heterocycles. The van der Waals surface area contributed by atoms with E-state index in [0.29, 0.717) is 16.8 Å². The number of benzene rings is 1. The van der Waals surface area contributed by atoms with E-state index in [4.69, 9.17) is 5.73 Å². The third-order valence-electron chi connectivity index (χ3n) is 4.85. The molecular formula is C19H16F2N6O2. The van der Waals surface area contributed by atoms with Gasteiger partial charge in [0.05, 0.1) is 5.69 Å². The van der Waals surface area contributed by atoms with Crippen molar-refractivity contribution in [2.45, 2.75) is 12.0 Å². The maximum absolute atomic E-state index is 13.3. The van der Waals surface area contributed by atoms with Crippen LogP contribution >= 0.6 is 0 Å². The monoisotopic (exact) mass is 398 g/mol. The Bertz CT molecular complexity index is 1120. The molecule has 0 spiro atoms. The van der Waals surface area contributed by atoms with Crippen molar-refractivity contribution in [3.8, 4) is 17.0 Å². The number of carbonyl (C=O) groups excluding carboxylic acids is 1. The van der Waals surface area contributed by atoms with Gasteiger partial charge in [0, 0.05) is 25.0 Å². The van der Waals surface area contributed by atoms with Crippen LogP contribution in [0.4, 0.5) is 8.78 Å². The second-order valence-electron chi connectivity index (χ2n) is 6.51. The van der Waals surface area contributed by atoms with Gasteiger partial charge in [-0.15, -0.1) is 0 Å². The number of guanidine groups is 1. The second-order valence-corrected chi connectivity index (χ2v) is 6.51. The fourth-order valence-electron chi connectivity index (χ4n) is 3.35. The van der Waals surface area contributed by atoms with E-state index in [1.165, 1.54) is 31.4 Å². The first-order valence-corrected chi connectivity index (χ1v) is 8.56. The summed E-state index contributed by atoms with van der Waals surface area (Å²) < 4.78 is 26.5. The molecule has 10 heteroatoms. The summed E-state index contributed by atoms with van der Waals surface area (Å²) in [4.78, 5) is 22.4. The molecule has 4 rings (SSSR count). The lowest BCUT2D eigenvalue weighted by Crippen LogP contribution is -2.41. The Hall–Kier alpha value is -3.82. The number of phenolic OH excluding ortho intramolecular Hbond substituents is 1. The van der Waals surface area contributed by atoms with Gasteiger partial charge in [0.15, 0.2) is 11.5 Å². The second kappa shape index (κ2) is 6.66. The van der Waals surface area contributed by atoms with Crippen LogP contribution in [-0.2, 0) is 10.3 Å². The van der Waals surface area contributed by atoms with Gasteiger partial charge >= 0.3 is 0 Å². The van der Waals surface area contributed by atoms with Crippen LogP contribution in [0.25, 0.3) is 11.3 Å². The number of aliphatic imine (C=N–C) groups is 1. The highest BCUT2D eigenvalue weighted by Gasteiger charge is 2.50. The molecule has 148 valence electrons. The summed E-state index contributed by atoms with van der Waals surface area (Å²) >= 11 is 0. The summed E-state index contributed by atoms with van der Waals surface area (Å²) in [5, 5.41) is 17.0. The number of carbonyl (C=O) groups is 1. The molecule has 8 nitrogen and oxygen atoms in total. The Labute approximate surface area is 163 Å². The Morgan fingerprint density at radius 2 is 1.97 bits per heavy atom. The number of aromatic nitrogens is 3. The molecule has 1 aromatic carbocycles. The zero-order valence-corrected chi connectivity index (χ0v) is 15.2. The van der Waals surface area contributed by atoms with Crippen LogP contribution in [0, 0.1) is 0 Å². The van der Waals surface area contributed by atoms with Crippen molar-refractivity contribution in [2.75, 3.05) is 7.05 Å². The topological polar surface area (TPSA) is 120 Å². The van der Waals surface area contributed by atoms with Gasteiger partial charge in [0.2, 0.25) is 0 Å². The van der Waals surface area contributed by atoms with E-state index in [0.717, 1.165) is 11.0 Å². The SMILES string of the molecule is CN1C(=O)C(c2ccnc(C(F)F)c2)(c2ccc(O)c(-c3cc[nH]n3)c2)N=C1N. The zero-order chi connectivity index (χ0) is 20.8. The molecule has 1 atom stereocenters. The molecule has 2 aromatic heterocycles. The first-order chi connectivity index (χ1) is 13.8. The van der Waals surface area contributed by atoms with Gasteiger partial charge in [0.25, 0.3) is 12.3 Å². The number of halogens is 2. The minimum absolute atomic E-state index is 0.0557. The van der Waals surface area contributed by atoms with E-state index >= 15 is 0 Å². The maximum Gasteiger partial charge on any atom is 0.280 e. The third-order valence-corrected chi connectivity index (χ3v) is 4.85. The number of nitrogens with two attached hydrogens (primary N) is 1. The zero-order valence-electron chi connectivity index (χ0n) is 15.2. The van der Waals surface area contributed by atoms with E-state index < -0.39 is 23.6 Å². The van der Waals surface area contributed by atoms with Crippen LogP contribution < -0.4 is 5.73 Å². The molecule has 29 heavy (non-hydrogen) atoms. The number of aromatic hydroxyl groups is 1. The number of phenols is 1. The summed E-state index contributed by atoms with van der Waals surface area (Å²) in [5.41, 5.74) is 5.06. The lowest BCUT2D eigenvalue weighted by Gasteiger charge is -2.27. The van der Waals surface area contributed by atoms with Crippen molar-refractivity contribution in [2.24, 2.45) is 10.7 Å². The Kier molecular flexibility index (Phi) is 4.26. The largest absolute Gasteiger partial charge is 0.507 e. The molecule has 1 amide bonds. The van der Waals surface area contributed by atoms with Gasteiger partial charge in [-0.2, -0.15) is 5.10 Å². The maximum atomic E-state index is 13.3. The highest BCUT2D eigenvalue weighted by molar-refractivity contribution is 6.09. The number of rotatable bonds is 4. The summed E-state index contributed by atoms with van der Waals surface area (Å²) in [6, 6.07) is 8.67. The number of likely N-dealkylation sites (N-methyl/N-ethyl adjacent to an activating group) is 1. The molecule has 0 saturated carbocycles. The number of H-pyrrole nitrogens is 1. The molecule has 0 bridgehead atoms. The van der Waals surface area contributed by atoms with Crippen molar-refractivity contribution in [3.63, 3.8) is 0 Å². The molecule has 1 aliphatic rings. The highest BCUT2D eigenvalue weighted by atomic mass is 19.3. The van der Waals surface area contributed by atoms with Gasteiger partial charge in [-0.05, 0) is 41.5 Å². The predicted octanol–water partition coefficient (Wildman–Crippen LogP) is 2.15. The summed E-state index contributed by atoms with van der Waals surface area (Å²) in [6.45, 7) is 0. The molecule has 0 radical (unpaired) electrons. The van der Waals surface area contributed by atoms with Crippen LogP contribution in [0.15, 0.2) is 53.8 Å². The van der Waals surface area contributed by atoms with E-state index in [9.17, 15) is 18.7 Å². The van der Waals surface area contributed by atoms with Crippen LogP contribution in [-0.4, -0.2) is 44.1 Å². The summed E-state index contributed by atoms with van der Waals surface area (Å²) in [7, 11) is 1.45. The van der Waals surface area contributed by atoms with Crippen LogP contribution in [0.1, 0.15) is 23.2 Å². The number of alkyl halides is 2. The molecule has 3 heterocycles. The molecule has 3 aromatic rings. The van der Waals surface area contributed by atoms with Gasteiger partial charge in [0.1, 0.15) is 11.4 Å². The molecule has 4 N–H and O–H groups in total. The number of nitrogens with one attached hydrogen (secondary N) is 1. The summed E-state index contributed by atoms with van der Waals surface area (Å²) in [5.74, 6) is -0.630. The van der Waals surface area contributed by atoms with Gasteiger partial charge < -0.3 is 10.8 Å². The van der Waals surface area contributed by atoms with Crippen molar-refractivity contribution in [1.82, 2.24) is 20.1 Å². The minimum atomic E-state index is -2.82. The standard InChI is InChI=1S/C19H16F2N6O2/c1-27-17(29)19(25-18(27)22,11-4-6-23-14(9-11)16(20)21)10-2-3-15(28)12(8-10)13-5-7-24-26-13/h2-9,16,28H,1H3,(H2,22,25)(H,24,26). The number of aromatic amines is 1. The normalized spacial score (nSPS) is 19.1. The van der Waals surface area contributed by atoms with Crippen molar-refractivity contribution in [3.05, 3.63) is 65.6 Å². The van der Waals surface area contributed by atoms with E-state index in [1.807, 2.05) is 0 Å². The first-order valence-electron chi connectivity index (χ1n) is 8.56. The quantitative estimate of drug-likeness (QED) is 0.622. The molecule has 1 unspecified atom stereocenters. The predicted molar refractivity (Wildman–Crippen MR) is 100 cm³/mol. The van der Waals surface area contributed by atoms with Crippen LogP contribution in [0.2, 0.25) is 0 Å². The van der Waals surface area contributed by atoms with Crippen molar-refractivity contribution in [1.29, 1.82) is 0 Å². The summed E-state index contributed by atoms with van der Waals surface area (Å²) in [6.07, 6.45) is -0.0353. The number of hydrogen-bond acceptors (Lipinski definition) is 6. The van der Waals surface area contributed by atoms with Gasteiger partial charge in [-0.25, -0.2) is 13.8 Å². The Morgan fingerprint density at radius 1 is 1.21 bits per heavy atom. The van der Waals surface area contributed by atoms with Crippen molar-refractivity contribution >= 4 is 11.9 Å². The molecular weight excluding hydrogens is 382 g/mol. The van der Waals surface area contributed by atoms with Gasteiger partial charge in [-0.3, -0.25) is 19.8 Å². The fourth-order valence-corrected chi connectivity index (χ4v) is 3.35. The Balaban J connectivity index is 1.98. The fraction of sp³-hybridized carbons (Fsp3) is 0.158. The number of nitrogens with zero attached hydrogens (tertiary/aromatic N) is 4. The Morgan fingerprint density at radius 3 is 2.59 bits per heavy atom. The molecule has 0 aliphatic carbocycles. The first kappa shape index (κ1) is 18.5. The lowest BCUT2D eigenvalue weighted by atomic mass is 9.82. The smallest absolute Gasteiger partial charge is 0.280 e. The average Bonchev–Trinajstić information content (AvgIpc) is 3.32. The highest BCUT2D eigenvalue weighted by Crippen LogP contribution is 2.42. The molecule has 0 fully saturated rings. The molecule has 1 aliphatic heterocycles.